The minimum absolute atomic E-state index is 0.163. The van der Waals surface area contributed by atoms with Crippen molar-refractivity contribution in [3.8, 4) is 0 Å². The molecule has 1 heterocycles. The molecule has 0 aliphatic heterocycles. The van der Waals surface area contributed by atoms with E-state index in [0.717, 1.165) is 19.3 Å². The van der Waals surface area contributed by atoms with Gasteiger partial charge in [-0.1, -0.05) is 20.8 Å². The summed E-state index contributed by atoms with van der Waals surface area (Å²) in [5.74, 6) is 0. The zero-order valence-electron chi connectivity index (χ0n) is 12.6. The second-order valence-corrected chi connectivity index (χ2v) is 6.93. The number of aliphatic hydroxyl groups is 1. The molecule has 2 atom stereocenters. The quantitative estimate of drug-likeness (QED) is 0.877. The molecule has 1 aromatic rings. The first-order valence-electron chi connectivity index (χ1n) is 7.28. The third-order valence-electron chi connectivity index (χ3n) is 3.89. The van der Waals surface area contributed by atoms with Crippen LogP contribution in [0.1, 0.15) is 57.3 Å². The summed E-state index contributed by atoms with van der Waals surface area (Å²) in [6.45, 7) is 6.85. The molecule has 0 saturated carbocycles. The average Bonchev–Trinajstić information content (AvgIpc) is 2.70. The van der Waals surface area contributed by atoms with E-state index in [1.54, 1.807) is 0 Å². The molecule has 0 fully saturated rings. The smallest absolute Gasteiger partial charge is 0.0585 e. The third-order valence-corrected chi connectivity index (χ3v) is 3.89. The predicted molar refractivity (Wildman–Crippen MR) is 77.0 cm³/mol. The second kappa shape index (κ2) is 5.63. The molecule has 0 aromatic carbocycles. The largest absolute Gasteiger partial charge is 0.395 e. The van der Waals surface area contributed by atoms with Crippen molar-refractivity contribution in [1.82, 2.24) is 15.1 Å². The van der Waals surface area contributed by atoms with Crippen molar-refractivity contribution in [2.24, 2.45) is 12.5 Å². The van der Waals surface area contributed by atoms with Crippen LogP contribution in [0.5, 0.6) is 0 Å². The Kier molecular flexibility index (Phi) is 4.31. The van der Waals surface area contributed by atoms with Gasteiger partial charge in [-0.3, -0.25) is 4.68 Å². The Hall–Kier alpha value is -0.870. The summed E-state index contributed by atoms with van der Waals surface area (Å²) < 4.78 is 1.99. The summed E-state index contributed by atoms with van der Waals surface area (Å²) in [6, 6.07) is 0.508. The molecule has 1 aromatic heterocycles. The monoisotopic (exact) mass is 265 g/mol. The van der Waals surface area contributed by atoms with Gasteiger partial charge in [0, 0.05) is 30.4 Å². The van der Waals surface area contributed by atoms with Crippen molar-refractivity contribution in [2.75, 3.05) is 6.61 Å². The fourth-order valence-electron chi connectivity index (χ4n) is 3.08. The Bertz CT molecular complexity index is 420. The number of hydrogen-bond acceptors (Lipinski definition) is 3. The lowest BCUT2D eigenvalue weighted by Gasteiger charge is -2.31. The molecule has 4 heteroatoms. The number of aromatic nitrogens is 2. The van der Waals surface area contributed by atoms with E-state index < -0.39 is 0 Å². The van der Waals surface area contributed by atoms with Gasteiger partial charge in [-0.25, -0.2) is 0 Å². The van der Waals surface area contributed by atoms with Crippen molar-refractivity contribution < 1.29 is 5.11 Å². The van der Waals surface area contributed by atoms with Gasteiger partial charge in [0.05, 0.1) is 12.8 Å². The van der Waals surface area contributed by atoms with Gasteiger partial charge in [0.1, 0.15) is 0 Å². The first-order chi connectivity index (χ1) is 8.90. The summed E-state index contributed by atoms with van der Waals surface area (Å²) in [5, 5.41) is 17.6. The zero-order chi connectivity index (χ0) is 14.0. The van der Waals surface area contributed by atoms with E-state index in [2.05, 4.69) is 31.2 Å². The lowest BCUT2D eigenvalue weighted by Crippen LogP contribution is -2.39. The molecule has 0 saturated heterocycles. The molecule has 0 amide bonds. The van der Waals surface area contributed by atoms with Crippen LogP contribution in [0.3, 0.4) is 0 Å². The van der Waals surface area contributed by atoms with Gasteiger partial charge in [-0.05, 0) is 31.1 Å². The van der Waals surface area contributed by atoms with Crippen molar-refractivity contribution >= 4 is 0 Å². The van der Waals surface area contributed by atoms with E-state index in [-0.39, 0.29) is 18.1 Å². The molecule has 108 valence electrons. The number of aliphatic hydroxyl groups excluding tert-OH is 1. The average molecular weight is 265 g/mol. The highest BCUT2D eigenvalue weighted by Crippen LogP contribution is 2.30. The van der Waals surface area contributed by atoms with Crippen LogP contribution in [0.25, 0.3) is 0 Å². The Morgan fingerprint density at radius 3 is 2.89 bits per heavy atom. The Labute approximate surface area is 116 Å². The van der Waals surface area contributed by atoms with Crippen LogP contribution < -0.4 is 5.32 Å². The maximum Gasteiger partial charge on any atom is 0.0585 e. The van der Waals surface area contributed by atoms with Crippen LogP contribution in [0, 0.1) is 5.41 Å². The van der Waals surface area contributed by atoms with E-state index >= 15 is 0 Å². The van der Waals surface area contributed by atoms with Gasteiger partial charge in [0.15, 0.2) is 0 Å². The molecule has 1 aliphatic carbocycles. The molecule has 2 unspecified atom stereocenters. The standard InChI is InChI=1S/C15H27N3O/c1-15(2,3)8-11(10-19)17-13-6-5-7-14-12(13)9-16-18(14)4/h9,11,13,17,19H,5-8,10H2,1-4H3. The summed E-state index contributed by atoms with van der Waals surface area (Å²) >= 11 is 0. The number of hydrogen-bond donors (Lipinski definition) is 2. The number of aryl methyl sites for hydroxylation is 1. The molecule has 19 heavy (non-hydrogen) atoms. The van der Waals surface area contributed by atoms with Crippen LogP contribution in [0.15, 0.2) is 6.20 Å². The molecule has 4 nitrogen and oxygen atoms in total. The second-order valence-electron chi connectivity index (χ2n) is 6.93. The molecule has 0 radical (unpaired) electrons. The number of fused-ring (bicyclic) bond motifs is 1. The van der Waals surface area contributed by atoms with Gasteiger partial charge in [-0.15, -0.1) is 0 Å². The molecular formula is C15H27N3O. The Balaban J connectivity index is 2.07. The summed E-state index contributed by atoms with van der Waals surface area (Å²) in [4.78, 5) is 0. The molecule has 0 spiro atoms. The maximum atomic E-state index is 9.59. The molecule has 2 rings (SSSR count). The van der Waals surface area contributed by atoms with Crippen LogP contribution in [-0.4, -0.2) is 27.5 Å². The summed E-state index contributed by atoms with van der Waals surface area (Å²) in [7, 11) is 2.01. The van der Waals surface area contributed by atoms with E-state index in [1.165, 1.54) is 17.7 Å². The van der Waals surface area contributed by atoms with Crippen LogP contribution in [-0.2, 0) is 13.5 Å². The van der Waals surface area contributed by atoms with Crippen LogP contribution in [0.4, 0.5) is 0 Å². The van der Waals surface area contributed by atoms with Gasteiger partial charge in [-0.2, -0.15) is 5.10 Å². The number of nitrogens with zero attached hydrogens (tertiary/aromatic N) is 2. The lowest BCUT2D eigenvalue weighted by atomic mass is 9.86. The van der Waals surface area contributed by atoms with Crippen LogP contribution >= 0.6 is 0 Å². The molecular weight excluding hydrogens is 238 g/mol. The topological polar surface area (TPSA) is 50.1 Å². The number of rotatable bonds is 4. The van der Waals surface area contributed by atoms with Crippen molar-refractivity contribution in [1.29, 1.82) is 0 Å². The first kappa shape index (κ1) is 14.5. The summed E-state index contributed by atoms with van der Waals surface area (Å²) in [6.07, 6.45) is 6.41. The van der Waals surface area contributed by atoms with E-state index in [9.17, 15) is 5.11 Å². The van der Waals surface area contributed by atoms with E-state index in [0.29, 0.717) is 6.04 Å². The van der Waals surface area contributed by atoms with E-state index in [4.69, 9.17) is 0 Å². The van der Waals surface area contributed by atoms with E-state index in [1.807, 2.05) is 17.9 Å². The SMILES string of the molecule is Cn1ncc2c1CCCC2NC(CO)CC(C)(C)C. The maximum absolute atomic E-state index is 9.59. The van der Waals surface area contributed by atoms with Gasteiger partial charge in [0.2, 0.25) is 0 Å². The van der Waals surface area contributed by atoms with Gasteiger partial charge < -0.3 is 10.4 Å². The Morgan fingerprint density at radius 1 is 1.53 bits per heavy atom. The minimum Gasteiger partial charge on any atom is -0.395 e. The molecule has 1 aliphatic rings. The highest BCUT2D eigenvalue weighted by atomic mass is 16.3. The third kappa shape index (κ3) is 3.57. The predicted octanol–water partition coefficient (Wildman–Crippen LogP) is 2.18. The van der Waals surface area contributed by atoms with Crippen LogP contribution in [0.2, 0.25) is 0 Å². The first-order valence-corrected chi connectivity index (χ1v) is 7.28. The van der Waals surface area contributed by atoms with Gasteiger partial charge in [0.25, 0.3) is 0 Å². The van der Waals surface area contributed by atoms with Crippen molar-refractivity contribution in [3.05, 3.63) is 17.5 Å². The Morgan fingerprint density at radius 2 is 2.26 bits per heavy atom. The minimum atomic E-state index is 0.163. The fraction of sp³-hybridized carbons (Fsp3) is 0.800. The highest BCUT2D eigenvalue weighted by molar-refractivity contribution is 5.24. The normalized spacial score (nSPS) is 21.2. The number of nitrogens with one attached hydrogen (secondary N) is 1. The van der Waals surface area contributed by atoms with Crippen molar-refractivity contribution in [3.63, 3.8) is 0 Å². The van der Waals surface area contributed by atoms with Gasteiger partial charge >= 0.3 is 0 Å². The van der Waals surface area contributed by atoms with Crippen molar-refractivity contribution in [2.45, 2.75) is 58.5 Å². The molecule has 0 bridgehead atoms. The molecule has 2 N–H and O–H groups in total. The fourth-order valence-corrected chi connectivity index (χ4v) is 3.08. The highest BCUT2D eigenvalue weighted by Gasteiger charge is 2.27. The lowest BCUT2D eigenvalue weighted by molar-refractivity contribution is 0.184. The summed E-state index contributed by atoms with van der Waals surface area (Å²) in [5.41, 5.74) is 2.89. The zero-order valence-corrected chi connectivity index (χ0v) is 12.6.